The molecule has 1 aromatic heterocycles. The van der Waals surface area contributed by atoms with E-state index in [1.807, 2.05) is 6.07 Å². The first kappa shape index (κ1) is 10.1. The van der Waals surface area contributed by atoms with Crippen LogP contribution in [0.3, 0.4) is 0 Å². The summed E-state index contributed by atoms with van der Waals surface area (Å²) >= 11 is 0. The van der Waals surface area contributed by atoms with Crippen LogP contribution in [-0.2, 0) is 6.42 Å². The number of ketones is 1. The number of aromatic nitrogens is 1. The van der Waals surface area contributed by atoms with Crippen LogP contribution in [0.5, 0.6) is 11.5 Å². The smallest absolute Gasteiger partial charge is 0.167 e. The van der Waals surface area contributed by atoms with Crippen LogP contribution < -0.4 is 4.74 Å². The highest BCUT2D eigenvalue weighted by Crippen LogP contribution is 2.43. The summed E-state index contributed by atoms with van der Waals surface area (Å²) in [5.74, 6) is 0.606. The van der Waals surface area contributed by atoms with Gasteiger partial charge in [-0.15, -0.1) is 0 Å². The van der Waals surface area contributed by atoms with Gasteiger partial charge in [0, 0.05) is 23.6 Å². The molecule has 0 aliphatic heterocycles. The van der Waals surface area contributed by atoms with Crippen molar-refractivity contribution < 1.29 is 14.6 Å². The molecule has 0 fully saturated rings. The van der Waals surface area contributed by atoms with Crippen molar-refractivity contribution in [3.8, 4) is 11.5 Å². The number of pyridine rings is 1. The molecule has 86 valence electrons. The fraction of sp³-hybridized carbons (Fsp3) is 0.231. The zero-order valence-corrected chi connectivity index (χ0v) is 9.36. The molecule has 1 aliphatic rings. The summed E-state index contributed by atoms with van der Waals surface area (Å²) in [4.78, 5) is 15.9. The molecule has 0 saturated heterocycles. The minimum absolute atomic E-state index is 0.0149. The Morgan fingerprint density at radius 3 is 3.00 bits per heavy atom. The first-order chi connectivity index (χ1) is 8.24. The fourth-order valence-corrected chi connectivity index (χ4v) is 2.45. The Hall–Kier alpha value is -2.10. The summed E-state index contributed by atoms with van der Waals surface area (Å²) in [6.45, 7) is 0. The maximum atomic E-state index is 11.8. The quantitative estimate of drug-likeness (QED) is 0.813. The van der Waals surface area contributed by atoms with Gasteiger partial charge in [-0.05, 0) is 18.6 Å². The number of aromatic hydroxyl groups is 1. The molecule has 0 spiro atoms. The lowest BCUT2D eigenvalue weighted by Crippen LogP contribution is -1.97. The van der Waals surface area contributed by atoms with Gasteiger partial charge >= 0.3 is 0 Å². The molecule has 1 N–H and O–H groups in total. The molecule has 1 aromatic carbocycles. The summed E-state index contributed by atoms with van der Waals surface area (Å²) in [5, 5.41) is 10.9. The Morgan fingerprint density at radius 1 is 1.41 bits per heavy atom. The lowest BCUT2D eigenvalue weighted by Gasteiger charge is -2.12. The van der Waals surface area contributed by atoms with Crippen molar-refractivity contribution in [1.29, 1.82) is 0 Å². The van der Waals surface area contributed by atoms with Crippen LogP contribution in [0.25, 0.3) is 10.9 Å². The number of benzene rings is 1. The van der Waals surface area contributed by atoms with Crippen molar-refractivity contribution in [3.05, 3.63) is 29.5 Å². The van der Waals surface area contributed by atoms with E-state index in [1.54, 1.807) is 19.4 Å². The molecular formula is C13H11NO3. The summed E-state index contributed by atoms with van der Waals surface area (Å²) in [5.41, 5.74) is 1.61. The molecule has 17 heavy (non-hydrogen) atoms. The molecule has 1 heterocycles. The van der Waals surface area contributed by atoms with E-state index in [4.69, 9.17) is 4.74 Å². The van der Waals surface area contributed by atoms with Crippen LogP contribution in [0.1, 0.15) is 22.3 Å². The molecule has 0 atom stereocenters. The number of Topliss-reactive ketones (excluding diaryl/α,β-unsaturated/α-hetero) is 1. The standard InChI is InChI=1S/C13H11NO3/c1-17-13-7-4-5-9(15)10(7)12(16)11-8(13)3-2-6-14-11/h2-3,6,16H,4-5H2,1H3. The molecule has 0 radical (unpaired) electrons. The minimum Gasteiger partial charge on any atom is -0.505 e. The highest BCUT2D eigenvalue weighted by molar-refractivity contribution is 6.09. The first-order valence-electron chi connectivity index (χ1n) is 5.43. The largest absolute Gasteiger partial charge is 0.505 e. The Labute approximate surface area is 97.9 Å². The average molecular weight is 229 g/mol. The van der Waals surface area contributed by atoms with Crippen molar-refractivity contribution in [2.45, 2.75) is 12.8 Å². The zero-order chi connectivity index (χ0) is 12.0. The van der Waals surface area contributed by atoms with E-state index in [2.05, 4.69) is 4.98 Å². The maximum Gasteiger partial charge on any atom is 0.167 e. The number of ether oxygens (including phenoxy) is 1. The van der Waals surface area contributed by atoms with Crippen molar-refractivity contribution in [2.24, 2.45) is 0 Å². The summed E-state index contributed by atoms with van der Waals surface area (Å²) < 4.78 is 5.37. The maximum absolute atomic E-state index is 11.8. The second-order valence-electron chi connectivity index (χ2n) is 4.06. The number of carbonyl (C=O) groups is 1. The van der Waals surface area contributed by atoms with Gasteiger partial charge < -0.3 is 9.84 Å². The van der Waals surface area contributed by atoms with Gasteiger partial charge in [0.25, 0.3) is 0 Å². The number of phenolic OH excluding ortho intramolecular Hbond substituents is 1. The summed E-state index contributed by atoms with van der Waals surface area (Å²) in [6.07, 6.45) is 2.64. The van der Waals surface area contributed by atoms with E-state index in [1.165, 1.54) is 0 Å². The number of rotatable bonds is 1. The zero-order valence-electron chi connectivity index (χ0n) is 9.36. The molecule has 0 bridgehead atoms. The normalized spacial score (nSPS) is 14.1. The minimum atomic E-state index is -0.0386. The van der Waals surface area contributed by atoms with Crippen LogP contribution in [0.4, 0.5) is 0 Å². The van der Waals surface area contributed by atoms with E-state index in [0.717, 1.165) is 10.9 Å². The van der Waals surface area contributed by atoms with E-state index in [9.17, 15) is 9.90 Å². The Balaban J connectivity index is 2.51. The third kappa shape index (κ3) is 1.24. The molecule has 2 aromatic rings. The number of fused-ring (bicyclic) bond motifs is 2. The monoisotopic (exact) mass is 229 g/mol. The molecule has 4 heteroatoms. The molecule has 0 saturated carbocycles. The average Bonchev–Trinajstić information content (AvgIpc) is 2.73. The highest BCUT2D eigenvalue weighted by atomic mass is 16.5. The fourth-order valence-electron chi connectivity index (χ4n) is 2.45. The number of hydrogen-bond donors (Lipinski definition) is 1. The van der Waals surface area contributed by atoms with Gasteiger partial charge in [0.15, 0.2) is 11.5 Å². The van der Waals surface area contributed by atoms with Crippen molar-refractivity contribution in [3.63, 3.8) is 0 Å². The molecule has 3 rings (SSSR count). The van der Waals surface area contributed by atoms with Gasteiger partial charge in [-0.3, -0.25) is 9.78 Å². The van der Waals surface area contributed by atoms with Crippen LogP contribution in [0.15, 0.2) is 18.3 Å². The van der Waals surface area contributed by atoms with Crippen molar-refractivity contribution in [1.82, 2.24) is 4.98 Å². The van der Waals surface area contributed by atoms with E-state index in [0.29, 0.717) is 29.7 Å². The van der Waals surface area contributed by atoms with Crippen molar-refractivity contribution in [2.75, 3.05) is 7.11 Å². The van der Waals surface area contributed by atoms with Crippen molar-refractivity contribution >= 4 is 16.7 Å². The predicted molar refractivity (Wildman–Crippen MR) is 62.6 cm³/mol. The first-order valence-corrected chi connectivity index (χ1v) is 5.43. The Kier molecular flexibility index (Phi) is 2.04. The van der Waals surface area contributed by atoms with Crippen LogP contribution >= 0.6 is 0 Å². The van der Waals surface area contributed by atoms with Gasteiger partial charge in [0.1, 0.15) is 11.3 Å². The molecule has 1 aliphatic carbocycles. The van der Waals surface area contributed by atoms with E-state index < -0.39 is 0 Å². The summed E-state index contributed by atoms with van der Waals surface area (Å²) in [7, 11) is 1.57. The number of hydrogen-bond acceptors (Lipinski definition) is 4. The second-order valence-corrected chi connectivity index (χ2v) is 4.06. The number of carbonyl (C=O) groups excluding carboxylic acids is 1. The number of methoxy groups -OCH3 is 1. The highest BCUT2D eigenvalue weighted by Gasteiger charge is 2.29. The molecule has 0 unspecified atom stereocenters. The Morgan fingerprint density at radius 2 is 2.24 bits per heavy atom. The third-order valence-electron chi connectivity index (χ3n) is 3.17. The molecule has 0 amide bonds. The van der Waals surface area contributed by atoms with Gasteiger partial charge in [-0.1, -0.05) is 0 Å². The number of nitrogens with zero attached hydrogens (tertiary/aromatic N) is 1. The lowest BCUT2D eigenvalue weighted by molar-refractivity contribution is 0.0992. The van der Waals surface area contributed by atoms with Gasteiger partial charge in [-0.2, -0.15) is 0 Å². The van der Waals surface area contributed by atoms with Crippen LogP contribution in [-0.4, -0.2) is 23.0 Å². The molecular weight excluding hydrogens is 218 g/mol. The van der Waals surface area contributed by atoms with E-state index in [-0.39, 0.29) is 11.5 Å². The SMILES string of the molecule is COc1c2c(c(O)c3ncccc13)C(=O)CC2. The van der Waals surface area contributed by atoms with Crippen LogP contribution in [0.2, 0.25) is 0 Å². The van der Waals surface area contributed by atoms with Gasteiger partial charge in [0.05, 0.1) is 12.7 Å². The molecule has 4 nitrogen and oxygen atoms in total. The second kappa shape index (κ2) is 3.45. The lowest BCUT2D eigenvalue weighted by atomic mass is 10.0. The number of phenols is 1. The van der Waals surface area contributed by atoms with Gasteiger partial charge in [0.2, 0.25) is 0 Å². The topological polar surface area (TPSA) is 59.4 Å². The van der Waals surface area contributed by atoms with E-state index >= 15 is 0 Å². The third-order valence-corrected chi connectivity index (χ3v) is 3.17. The summed E-state index contributed by atoms with van der Waals surface area (Å²) in [6, 6.07) is 3.62. The van der Waals surface area contributed by atoms with Gasteiger partial charge in [-0.25, -0.2) is 0 Å². The predicted octanol–water partition coefficient (Wildman–Crippen LogP) is 2.08. The Bertz CT molecular complexity index is 634. The van der Waals surface area contributed by atoms with Crippen LogP contribution in [0, 0.1) is 0 Å².